The van der Waals surface area contributed by atoms with Gasteiger partial charge in [0.05, 0.1) is 12.2 Å². The number of carbonyl (C=O) groups excluding carboxylic acids is 1. The third-order valence-corrected chi connectivity index (χ3v) is 6.01. The lowest BCUT2D eigenvalue weighted by Gasteiger charge is -2.41. The van der Waals surface area contributed by atoms with Crippen LogP contribution in [0.2, 0.25) is 0 Å². The predicted octanol–water partition coefficient (Wildman–Crippen LogP) is 2.75. The lowest BCUT2D eigenvalue weighted by atomic mass is 9.93. The number of furan rings is 1. The van der Waals surface area contributed by atoms with Crippen molar-refractivity contribution in [3.05, 3.63) is 30.2 Å². The van der Waals surface area contributed by atoms with E-state index in [9.17, 15) is 4.79 Å². The maximum atomic E-state index is 12.4. The van der Waals surface area contributed by atoms with Crippen LogP contribution in [0.5, 0.6) is 0 Å². The molecule has 1 saturated carbocycles. The summed E-state index contributed by atoms with van der Waals surface area (Å²) in [5.74, 6) is 1.43. The van der Waals surface area contributed by atoms with Crippen LogP contribution in [0.4, 0.5) is 0 Å². The molecule has 2 saturated heterocycles. The van der Waals surface area contributed by atoms with E-state index in [2.05, 4.69) is 27.3 Å². The van der Waals surface area contributed by atoms with Gasteiger partial charge in [0.2, 0.25) is 5.91 Å². The molecule has 1 aromatic heterocycles. The summed E-state index contributed by atoms with van der Waals surface area (Å²) >= 11 is 0. The van der Waals surface area contributed by atoms with Crippen molar-refractivity contribution in [1.29, 1.82) is 0 Å². The van der Waals surface area contributed by atoms with Gasteiger partial charge in [-0.05, 0) is 76.4 Å². The zero-order chi connectivity index (χ0) is 17.8. The molecule has 5 nitrogen and oxygen atoms in total. The maximum absolute atomic E-state index is 12.4. The molecule has 0 aromatic carbocycles. The van der Waals surface area contributed by atoms with Crippen molar-refractivity contribution in [3.8, 4) is 0 Å². The molecule has 2 aliphatic heterocycles. The molecule has 1 amide bonds. The number of hydrogen-bond acceptors (Lipinski definition) is 4. The Hall–Kier alpha value is -1.59. The van der Waals surface area contributed by atoms with Crippen LogP contribution in [0.1, 0.15) is 44.3 Å². The van der Waals surface area contributed by atoms with E-state index in [1.807, 2.05) is 12.1 Å². The number of nitrogens with one attached hydrogen (secondary N) is 1. The second-order valence-electron chi connectivity index (χ2n) is 8.07. The number of amides is 1. The lowest BCUT2D eigenvalue weighted by Crippen LogP contribution is -2.51. The van der Waals surface area contributed by atoms with Gasteiger partial charge in [0.25, 0.3) is 0 Å². The van der Waals surface area contributed by atoms with Crippen molar-refractivity contribution in [3.63, 3.8) is 0 Å². The van der Waals surface area contributed by atoms with Gasteiger partial charge >= 0.3 is 0 Å². The van der Waals surface area contributed by atoms with Gasteiger partial charge in [-0.1, -0.05) is 6.08 Å². The van der Waals surface area contributed by atoms with Crippen LogP contribution in [0.3, 0.4) is 0 Å². The minimum atomic E-state index is 0.207. The first kappa shape index (κ1) is 17.8. The van der Waals surface area contributed by atoms with Gasteiger partial charge in [-0.3, -0.25) is 14.6 Å². The summed E-state index contributed by atoms with van der Waals surface area (Å²) in [6.07, 6.45) is 13.0. The van der Waals surface area contributed by atoms with Gasteiger partial charge in [0.1, 0.15) is 5.76 Å². The highest BCUT2D eigenvalue weighted by molar-refractivity contribution is 5.79. The van der Waals surface area contributed by atoms with Gasteiger partial charge in [0, 0.05) is 25.2 Å². The SMILES string of the molecule is O=C(NC1CC1)C1CCCN(C2CCN(C/C=C/c3ccco3)CC2)C1. The first-order valence-corrected chi connectivity index (χ1v) is 10.2. The largest absolute Gasteiger partial charge is 0.465 e. The Labute approximate surface area is 156 Å². The van der Waals surface area contributed by atoms with Crippen molar-refractivity contribution < 1.29 is 9.21 Å². The Balaban J connectivity index is 1.20. The highest BCUT2D eigenvalue weighted by atomic mass is 16.3. The fraction of sp³-hybridized carbons (Fsp3) is 0.667. The van der Waals surface area contributed by atoms with Crippen LogP contribution in [-0.2, 0) is 4.79 Å². The van der Waals surface area contributed by atoms with Crippen LogP contribution in [0.25, 0.3) is 6.08 Å². The van der Waals surface area contributed by atoms with E-state index in [4.69, 9.17) is 4.42 Å². The predicted molar refractivity (Wildman–Crippen MR) is 103 cm³/mol. The van der Waals surface area contributed by atoms with Crippen LogP contribution in [-0.4, -0.2) is 60.5 Å². The zero-order valence-corrected chi connectivity index (χ0v) is 15.6. The maximum Gasteiger partial charge on any atom is 0.224 e. The minimum absolute atomic E-state index is 0.207. The molecule has 1 atom stereocenters. The van der Waals surface area contributed by atoms with Crippen molar-refractivity contribution in [2.45, 2.75) is 50.6 Å². The van der Waals surface area contributed by atoms with Crippen molar-refractivity contribution in [2.24, 2.45) is 5.92 Å². The normalized spacial score (nSPS) is 26.4. The van der Waals surface area contributed by atoms with Gasteiger partial charge < -0.3 is 9.73 Å². The number of likely N-dealkylation sites (tertiary alicyclic amines) is 2. The molecule has 142 valence electrons. The Morgan fingerprint density at radius 3 is 2.77 bits per heavy atom. The summed E-state index contributed by atoms with van der Waals surface area (Å²) in [7, 11) is 0. The molecule has 5 heteroatoms. The third kappa shape index (κ3) is 4.77. The zero-order valence-electron chi connectivity index (χ0n) is 15.6. The molecule has 0 spiro atoms. The molecule has 1 aliphatic carbocycles. The summed E-state index contributed by atoms with van der Waals surface area (Å²) in [6, 6.07) is 5.03. The average Bonchev–Trinajstić information content (AvgIpc) is 3.34. The molecule has 4 rings (SSSR count). The molecule has 0 bridgehead atoms. The van der Waals surface area contributed by atoms with E-state index in [1.165, 1.54) is 25.7 Å². The minimum Gasteiger partial charge on any atom is -0.465 e. The van der Waals surface area contributed by atoms with Gasteiger partial charge in [-0.2, -0.15) is 0 Å². The Bertz CT molecular complexity index is 601. The third-order valence-electron chi connectivity index (χ3n) is 6.01. The van der Waals surface area contributed by atoms with Crippen LogP contribution in [0.15, 0.2) is 28.9 Å². The van der Waals surface area contributed by atoms with Crippen molar-refractivity contribution in [2.75, 3.05) is 32.7 Å². The average molecular weight is 357 g/mol. The van der Waals surface area contributed by atoms with E-state index in [0.29, 0.717) is 18.0 Å². The summed E-state index contributed by atoms with van der Waals surface area (Å²) in [6.45, 7) is 5.39. The van der Waals surface area contributed by atoms with E-state index in [0.717, 1.165) is 51.3 Å². The molecule has 3 aliphatic rings. The Morgan fingerprint density at radius 2 is 2.04 bits per heavy atom. The molecule has 1 aromatic rings. The van der Waals surface area contributed by atoms with Crippen LogP contribution in [0, 0.1) is 5.92 Å². The van der Waals surface area contributed by atoms with Crippen LogP contribution >= 0.6 is 0 Å². The lowest BCUT2D eigenvalue weighted by molar-refractivity contribution is -0.127. The molecule has 3 fully saturated rings. The Morgan fingerprint density at radius 1 is 1.19 bits per heavy atom. The first-order valence-electron chi connectivity index (χ1n) is 10.2. The molecular formula is C21H31N3O2. The fourth-order valence-corrected chi connectivity index (χ4v) is 4.27. The Kier molecular flexibility index (Phi) is 5.75. The number of carbonyl (C=O) groups is 1. The number of nitrogens with zero attached hydrogens (tertiary/aromatic N) is 2. The highest BCUT2D eigenvalue weighted by Gasteiger charge is 2.33. The highest BCUT2D eigenvalue weighted by Crippen LogP contribution is 2.25. The van der Waals surface area contributed by atoms with E-state index < -0.39 is 0 Å². The summed E-state index contributed by atoms with van der Waals surface area (Å²) in [5.41, 5.74) is 0. The molecule has 26 heavy (non-hydrogen) atoms. The van der Waals surface area contributed by atoms with E-state index in [-0.39, 0.29) is 5.92 Å². The molecule has 0 radical (unpaired) electrons. The molecule has 1 N–H and O–H groups in total. The van der Waals surface area contributed by atoms with Gasteiger partial charge in [-0.15, -0.1) is 0 Å². The topological polar surface area (TPSA) is 48.7 Å². The molecular weight excluding hydrogens is 326 g/mol. The van der Waals surface area contributed by atoms with Crippen molar-refractivity contribution >= 4 is 12.0 Å². The smallest absolute Gasteiger partial charge is 0.224 e. The first-order chi connectivity index (χ1) is 12.8. The molecule has 1 unspecified atom stereocenters. The summed E-state index contributed by atoms with van der Waals surface area (Å²) < 4.78 is 5.33. The van der Waals surface area contributed by atoms with E-state index in [1.54, 1.807) is 6.26 Å². The standard InChI is InChI=1S/C21H31N3O2/c25-21(22-18-7-8-18)17-4-1-12-24(16-17)19-9-13-23(14-10-19)11-2-5-20-6-3-15-26-20/h2-3,5-6,15,17-19H,1,4,7-14,16H2,(H,22,25)/b5-2+. The second kappa shape index (κ2) is 8.40. The monoisotopic (exact) mass is 357 g/mol. The van der Waals surface area contributed by atoms with Crippen LogP contribution < -0.4 is 5.32 Å². The fourth-order valence-electron chi connectivity index (χ4n) is 4.27. The summed E-state index contributed by atoms with van der Waals surface area (Å²) in [4.78, 5) is 17.5. The quantitative estimate of drug-likeness (QED) is 0.850. The molecule has 3 heterocycles. The van der Waals surface area contributed by atoms with Gasteiger partial charge in [0.15, 0.2) is 0 Å². The second-order valence-corrected chi connectivity index (χ2v) is 8.07. The van der Waals surface area contributed by atoms with E-state index >= 15 is 0 Å². The van der Waals surface area contributed by atoms with Gasteiger partial charge in [-0.25, -0.2) is 0 Å². The number of hydrogen-bond donors (Lipinski definition) is 1. The number of piperidine rings is 2. The summed E-state index contributed by atoms with van der Waals surface area (Å²) in [5, 5.41) is 3.20. The van der Waals surface area contributed by atoms with Crippen molar-refractivity contribution in [1.82, 2.24) is 15.1 Å². The number of rotatable bonds is 6.